The van der Waals surface area contributed by atoms with Crippen LogP contribution in [0.4, 0.5) is 0 Å². The highest BCUT2D eigenvalue weighted by Gasteiger charge is 2.05. The van der Waals surface area contributed by atoms with E-state index in [4.69, 9.17) is 0 Å². The second-order valence-electron chi connectivity index (χ2n) is 3.72. The molecule has 0 saturated carbocycles. The summed E-state index contributed by atoms with van der Waals surface area (Å²) < 4.78 is 25.9. The van der Waals surface area contributed by atoms with Crippen molar-refractivity contribution >= 4 is 27.7 Å². The van der Waals surface area contributed by atoms with Gasteiger partial charge in [0.25, 0.3) is 10.1 Å². The van der Waals surface area contributed by atoms with Crippen LogP contribution in [0.1, 0.15) is 16.8 Å². The molecule has 0 aliphatic heterocycles. The van der Waals surface area contributed by atoms with Crippen LogP contribution in [0.2, 0.25) is 0 Å². The molecular weight excluding hydrogens is 272 g/mol. The van der Waals surface area contributed by atoms with Crippen molar-refractivity contribution in [3.63, 3.8) is 0 Å². The van der Waals surface area contributed by atoms with Crippen molar-refractivity contribution in [2.45, 2.75) is 6.42 Å². The van der Waals surface area contributed by atoms with Gasteiger partial charge in [-0.15, -0.1) is 0 Å². The van der Waals surface area contributed by atoms with Gasteiger partial charge in [-0.2, -0.15) is 20.2 Å². The molecule has 0 N–H and O–H groups in total. The van der Waals surface area contributed by atoms with Crippen molar-refractivity contribution in [2.75, 3.05) is 24.4 Å². The van der Waals surface area contributed by atoms with E-state index in [9.17, 15) is 13.2 Å². The van der Waals surface area contributed by atoms with Crippen molar-refractivity contribution < 1.29 is 17.4 Å². The van der Waals surface area contributed by atoms with Crippen LogP contribution in [-0.2, 0) is 14.3 Å². The summed E-state index contributed by atoms with van der Waals surface area (Å²) in [6.07, 6.45) is 1.64. The molecule has 0 spiro atoms. The van der Waals surface area contributed by atoms with E-state index in [0.717, 1.165) is 6.26 Å². The summed E-state index contributed by atoms with van der Waals surface area (Å²) in [6.45, 7) is 0.172. The molecule has 0 unspecified atom stereocenters. The quantitative estimate of drug-likeness (QED) is 0.416. The lowest BCUT2D eigenvalue weighted by Crippen LogP contribution is -2.06. The third-order valence-corrected chi connectivity index (χ3v) is 3.70. The van der Waals surface area contributed by atoms with Gasteiger partial charge in [0.1, 0.15) is 0 Å². The minimum absolute atomic E-state index is 0.0876. The monoisotopic (exact) mass is 288 g/mol. The Bertz CT molecular complexity index is 468. The van der Waals surface area contributed by atoms with E-state index in [1.807, 2.05) is 18.2 Å². The Kier molecular flexibility index (Phi) is 6.38. The van der Waals surface area contributed by atoms with Crippen LogP contribution in [0.3, 0.4) is 0 Å². The predicted octanol–water partition coefficient (Wildman–Crippen LogP) is 1.97. The van der Waals surface area contributed by atoms with Gasteiger partial charge in [0.15, 0.2) is 5.78 Å². The number of carbonyl (C=O) groups is 1. The molecule has 0 atom stereocenters. The molecule has 6 heteroatoms. The van der Waals surface area contributed by atoms with Crippen molar-refractivity contribution in [2.24, 2.45) is 0 Å². The second kappa shape index (κ2) is 7.56. The van der Waals surface area contributed by atoms with E-state index in [1.165, 1.54) is 11.8 Å². The Morgan fingerprint density at radius 2 is 1.94 bits per heavy atom. The van der Waals surface area contributed by atoms with Gasteiger partial charge < -0.3 is 0 Å². The van der Waals surface area contributed by atoms with E-state index in [1.54, 1.807) is 12.1 Å². The fraction of sp³-hybridized carbons (Fsp3) is 0.417. The lowest BCUT2D eigenvalue weighted by atomic mass is 10.2. The Morgan fingerprint density at radius 3 is 2.56 bits per heavy atom. The summed E-state index contributed by atoms with van der Waals surface area (Å²) in [4.78, 5) is 11.7. The molecule has 0 amide bonds. The van der Waals surface area contributed by atoms with Gasteiger partial charge in [0, 0.05) is 5.56 Å². The number of hydrogen-bond donors (Lipinski definition) is 0. The number of rotatable bonds is 8. The van der Waals surface area contributed by atoms with Crippen molar-refractivity contribution in [1.29, 1.82) is 0 Å². The molecule has 0 radical (unpaired) electrons. The van der Waals surface area contributed by atoms with Crippen LogP contribution in [0.25, 0.3) is 0 Å². The van der Waals surface area contributed by atoms with Crippen molar-refractivity contribution in [3.05, 3.63) is 35.9 Å². The Hall–Kier alpha value is -0.850. The normalized spacial score (nSPS) is 11.4. The topological polar surface area (TPSA) is 60.4 Å². The summed E-state index contributed by atoms with van der Waals surface area (Å²) >= 11 is 1.48. The molecule has 100 valence electrons. The maximum absolute atomic E-state index is 11.7. The maximum Gasteiger partial charge on any atom is 0.264 e. The van der Waals surface area contributed by atoms with Gasteiger partial charge in [0.05, 0.1) is 18.6 Å². The van der Waals surface area contributed by atoms with Crippen LogP contribution >= 0.6 is 11.8 Å². The van der Waals surface area contributed by atoms with Gasteiger partial charge in [-0.25, -0.2) is 0 Å². The summed E-state index contributed by atoms with van der Waals surface area (Å²) in [5, 5.41) is 0. The van der Waals surface area contributed by atoms with Crippen molar-refractivity contribution in [3.8, 4) is 0 Å². The van der Waals surface area contributed by atoms with Gasteiger partial charge in [0.2, 0.25) is 0 Å². The van der Waals surface area contributed by atoms with Crippen LogP contribution in [-0.4, -0.2) is 38.6 Å². The molecule has 0 saturated heterocycles. The maximum atomic E-state index is 11.7. The summed E-state index contributed by atoms with van der Waals surface area (Å²) in [6, 6.07) is 9.10. The number of hydrogen-bond acceptors (Lipinski definition) is 5. The number of ketones is 1. The first kappa shape index (κ1) is 15.2. The molecular formula is C12H16O4S2. The third-order valence-electron chi connectivity index (χ3n) is 2.06. The lowest BCUT2D eigenvalue weighted by molar-refractivity contribution is 0.102. The molecule has 0 aromatic heterocycles. The largest absolute Gasteiger partial charge is 0.293 e. The number of benzene rings is 1. The zero-order valence-corrected chi connectivity index (χ0v) is 11.8. The van der Waals surface area contributed by atoms with E-state index < -0.39 is 10.1 Å². The smallest absolute Gasteiger partial charge is 0.264 e. The molecule has 18 heavy (non-hydrogen) atoms. The van der Waals surface area contributed by atoms with Crippen molar-refractivity contribution in [1.82, 2.24) is 0 Å². The summed E-state index contributed by atoms with van der Waals surface area (Å²) in [7, 11) is -3.35. The molecule has 1 rings (SSSR count). The van der Waals surface area contributed by atoms with Gasteiger partial charge >= 0.3 is 0 Å². The first-order valence-electron chi connectivity index (χ1n) is 5.49. The van der Waals surface area contributed by atoms with Crippen LogP contribution < -0.4 is 0 Å². The van der Waals surface area contributed by atoms with E-state index in [2.05, 4.69) is 4.18 Å². The van der Waals surface area contributed by atoms with Crippen LogP contribution in [0, 0.1) is 0 Å². The fourth-order valence-electron chi connectivity index (χ4n) is 1.24. The van der Waals surface area contributed by atoms with E-state index >= 15 is 0 Å². The predicted molar refractivity (Wildman–Crippen MR) is 73.5 cm³/mol. The first-order valence-corrected chi connectivity index (χ1v) is 8.46. The molecule has 1 aromatic rings. The highest BCUT2D eigenvalue weighted by molar-refractivity contribution is 7.99. The summed E-state index contributed by atoms with van der Waals surface area (Å²) in [5.74, 6) is 1.20. The fourth-order valence-corrected chi connectivity index (χ4v) is 2.48. The molecule has 0 bridgehead atoms. The van der Waals surface area contributed by atoms with Gasteiger partial charge in [-0.05, 0) is 12.2 Å². The zero-order chi connectivity index (χ0) is 13.4. The average molecular weight is 288 g/mol. The number of Topliss-reactive ketones (excluding diaryl/α,β-unsaturated/α-hetero) is 1. The molecule has 1 aromatic carbocycles. The molecule has 0 aliphatic carbocycles. The Balaban J connectivity index is 2.14. The number of carbonyl (C=O) groups excluding carboxylic acids is 1. The average Bonchev–Trinajstić information content (AvgIpc) is 2.33. The molecule has 0 aliphatic rings. The molecule has 0 fully saturated rings. The Morgan fingerprint density at radius 1 is 1.28 bits per heavy atom. The second-order valence-corrected chi connectivity index (χ2v) is 6.47. The SMILES string of the molecule is CS(=O)(=O)OCCCSCC(=O)c1ccccc1. The minimum Gasteiger partial charge on any atom is -0.293 e. The third kappa shape index (κ3) is 6.78. The van der Waals surface area contributed by atoms with Crippen LogP contribution in [0.5, 0.6) is 0 Å². The van der Waals surface area contributed by atoms with Gasteiger partial charge in [-0.3, -0.25) is 8.98 Å². The van der Waals surface area contributed by atoms with Gasteiger partial charge in [-0.1, -0.05) is 30.3 Å². The van der Waals surface area contributed by atoms with Crippen LogP contribution in [0.15, 0.2) is 30.3 Å². The zero-order valence-electron chi connectivity index (χ0n) is 10.2. The minimum atomic E-state index is -3.35. The van der Waals surface area contributed by atoms with E-state index in [-0.39, 0.29) is 12.4 Å². The Labute approximate surface area is 112 Å². The lowest BCUT2D eigenvalue weighted by Gasteiger charge is -2.02. The highest BCUT2D eigenvalue weighted by atomic mass is 32.2. The summed E-state index contributed by atoms with van der Waals surface area (Å²) in [5.41, 5.74) is 0.706. The highest BCUT2D eigenvalue weighted by Crippen LogP contribution is 2.08. The molecule has 0 heterocycles. The van der Waals surface area contributed by atoms with E-state index in [0.29, 0.717) is 23.5 Å². The molecule has 4 nitrogen and oxygen atoms in total. The standard InChI is InChI=1S/C12H16O4S2/c1-18(14,15)16-8-5-9-17-10-12(13)11-6-3-2-4-7-11/h2-4,6-7H,5,8-10H2,1H3. The number of thioether (sulfide) groups is 1. The first-order chi connectivity index (χ1) is 8.49.